The molecular weight excluding hydrogens is 298 g/mol. The van der Waals surface area contributed by atoms with Crippen molar-refractivity contribution in [3.63, 3.8) is 0 Å². The average Bonchev–Trinajstić information content (AvgIpc) is 2.79. The van der Waals surface area contributed by atoms with Gasteiger partial charge in [0.1, 0.15) is 0 Å². The van der Waals surface area contributed by atoms with Crippen LogP contribution in [0.5, 0.6) is 0 Å². The molecule has 106 valence electrons. The van der Waals surface area contributed by atoms with Crippen LogP contribution in [0.15, 0.2) is 23.4 Å². The van der Waals surface area contributed by atoms with Crippen molar-refractivity contribution in [2.75, 3.05) is 5.32 Å². The minimum Gasteiger partial charge on any atom is -0.325 e. The van der Waals surface area contributed by atoms with Gasteiger partial charge in [-0.05, 0) is 42.0 Å². The van der Waals surface area contributed by atoms with Crippen molar-refractivity contribution in [3.05, 3.63) is 28.8 Å². The number of halogens is 1. The van der Waals surface area contributed by atoms with Gasteiger partial charge in [-0.2, -0.15) is 0 Å². The van der Waals surface area contributed by atoms with Gasteiger partial charge in [-0.1, -0.05) is 29.4 Å². The Morgan fingerprint density at radius 1 is 1.50 bits per heavy atom. The predicted molar refractivity (Wildman–Crippen MR) is 78.9 cm³/mol. The molecule has 1 unspecified atom stereocenters. The van der Waals surface area contributed by atoms with Crippen LogP contribution in [-0.2, 0) is 11.8 Å². The van der Waals surface area contributed by atoms with Crippen molar-refractivity contribution in [1.29, 1.82) is 0 Å². The molecule has 1 amide bonds. The zero-order valence-corrected chi connectivity index (χ0v) is 12.9. The third kappa shape index (κ3) is 3.49. The van der Waals surface area contributed by atoms with Gasteiger partial charge in [0.2, 0.25) is 11.1 Å². The van der Waals surface area contributed by atoms with Crippen molar-refractivity contribution in [2.24, 2.45) is 7.05 Å². The number of aromatic nitrogens is 4. The summed E-state index contributed by atoms with van der Waals surface area (Å²) in [7, 11) is 1.73. The van der Waals surface area contributed by atoms with Crippen LogP contribution in [-0.4, -0.2) is 31.4 Å². The largest absolute Gasteiger partial charge is 0.325 e. The predicted octanol–water partition coefficient (Wildman–Crippen LogP) is 2.29. The Hall–Kier alpha value is -1.60. The normalized spacial score (nSPS) is 12.2. The van der Waals surface area contributed by atoms with Crippen LogP contribution in [0, 0.1) is 6.92 Å². The number of hydrogen-bond acceptors (Lipinski definition) is 5. The summed E-state index contributed by atoms with van der Waals surface area (Å²) in [5.41, 5.74) is 1.67. The van der Waals surface area contributed by atoms with Gasteiger partial charge in [0.05, 0.1) is 5.25 Å². The quantitative estimate of drug-likeness (QED) is 0.877. The molecular formula is C12H14ClN5OS. The SMILES string of the molecule is Cc1ccc(Cl)cc1NC(=O)C(C)Sc1nnnn1C. The van der Waals surface area contributed by atoms with Crippen molar-refractivity contribution in [3.8, 4) is 0 Å². The number of carbonyl (C=O) groups is 1. The molecule has 6 nitrogen and oxygen atoms in total. The number of tetrazole rings is 1. The molecule has 2 aromatic rings. The van der Waals surface area contributed by atoms with E-state index in [9.17, 15) is 4.79 Å². The Balaban J connectivity index is 2.04. The second-order valence-electron chi connectivity index (χ2n) is 4.29. The van der Waals surface area contributed by atoms with Gasteiger partial charge in [-0.25, -0.2) is 4.68 Å². The molecule has 1 atom stereocenters. The molecule has 1 heterocycles. The van der Waals surface area contributed by atoms with E-state index in [1.54, 1.807) is 26.1 Å². The Bertz CT molecular complexity index is 630. The van der Waals surface area contributed by atoms with E-state index in [0.717, 1.165) is 5.56 Å². The number of anilines is 1. The zero-order valence-electron chi connectivity index (χ0n) is 11.3. The molecule has 0 spiro atoms. The van der Waals surface area contributed by atoms with E-state index in [0.29, 0.717) is 15.9 Å². The minimum atomic E-state index is -0.321. The fourth-order valence-electron chi connectivity index (χ4n) is 1.50. The number of hydrogen-bond donors (Lipinski definition) is 1. The third-order valence-electron chi connectivity index (χ3n) is 2.69. The Kier molecular flexibility index (Phi) is 4.61. The Morgan fingerprint density at radius 2 is 2.25 bits per heavy atom. The molecule has 0 saturated heterocycles. The molecule has 0 saturated carbocycles. The standard InChI is InChI=1S/C12H14ClN5OS/c1-7-4-5-9(13)6-10(7)14-11(19)8(2)20-12-15-16-17-18(12)3/h4-6,8H,1-3H3,(H,14,19). The molecule has 1 aromatic heterocycles. The Labute approximate surface area is 125 Å². The molecule has 1 aromatic carbocycles. The first-order valence-corrected chi connectivity index (χ1v) is 7.19. The maximum Gasteiger partial charge on any atom is 0.237 e. The number of nitrogens with zero attached hydrogens (tertiary/aromatic N) is 4. The summed E-state index contributed by atoms with van der Waals surface area (Å²) >= 11 is 7.23. The molecule has 0 aliphatic rings. The summed E-state index contributed by atoms with van der Waals surface area (Å²) in [6.07, 6.45) is 0. The lowest BCUT2D eigenvalue weighted by molar-refractivity contribution is -0.115. The van der Waals surface area contributed by atoms with Crippen LogP contribution in [0.2, 0.25) is 5.02 Å². The number of rotatable bonds is 4. The van der Waals surface area contributed by atoms with Gasteiger partial charge in [0.25, 0.3) is 0 Å². The van der Waals surface area contributed by atoms with Crippen LogP contribution in [0.1, 0.15) is 12.5 Å². The van der Waals surface area contributed by atoms with Gasteiger partial charge < -0.3 is 5.32 Å². The van der Waals surface area contributed by atoms with Gasteiger partial charge >= 0.3 is 0 Å². The van der Waals surface area contributed by atoms with E-state index in [-0.39, 0.29) is 11.2 Å². The second kappa shape index (κ2) is 6.23. The lowest BCUT2D eigenvalue weighted by Gasteiger charge is -2.12. The summed E-state index contributed by atoms with van der Waals surface area (Å²) in [6.45, 7) is 3.71. The average molecular weight is 312 g/mol. The fraction of sp³-hybridized carbons (Fsp3) is 0.333. The van der Waals surface area contributed by atoms with E-state index in [2.05, 4.69) is 20.8 Å². The lowest BCUT2D eigenvalue weighted by atomic mass is 10.2. The summed E-state index contributed by atoms with van der Waals surface area (Å²) in [5, 5.41) is 14.8. The van der Waals surface area contributed by atoms with Gasteiger partial charge in [0.15, 0.2) is 0 Å². The van der Waals surface area contributed by atoms with E-state index in [1.807, 2.05) is 13.0 Å². The topological polar surface area (TPSA) is 72.7 Å². The highest BCUT2D eigenvalue weighted by Gasteiger charge is 2.18. The maximum atomic E-state index is 12.2. The number of amides is 1. The fourth-order valence-corrected chi connectivity index (χ4v) is 2.42. The van der Waals surface area contributed by atoms with Crippen molar-refractivity contribution in [2.45, 2.75) is 24.3 Å². The lowest BCUT2D eigenvalue weighted by Crippen LogP contribution is -2.23. The van der Waals surface area contributed by atoms with Gasteiger partial charge in [0, 0.05) is 17.8 Å². The molecule has 0 aliphatic heterocycles. The number of thioether (sulfide) groups is 1. The highest BCUT2D eigenvalue weighted by molar-refractivity contribution is 8.00. The molecule has 8 heteroatoms. The number of carbonyl (C=O) groups excluding carboxylic acids is 1. The first-order chi connectivity index (χ1) is 9.47. The van der Waals surface area contributed by atoms with Crippen LogP contribution < -0.4 is 5.32 Å². The molecule has 1 N–H and O–H groups in total. The maximum absolute atomic E-state index is 12.2. The summed E-state index contributed by atoms with van der Waals surface area (Å²) in [4.78, 5) is 12.2. The Morgan fingerprint density at radius 3 is 2.90 bits per heavy atom. The van der Waals surface area contributed by atoms with Crippen molar-refractivity contribution < 1.29 is 4.79 Å². The molecule has 20 heavy (non-hydrogen) atoms. The number of nitrogens with one attached hydrogen (secondary N) is 1. The van der Waals surface area contributed by atoms with E-state index in [4.69, 9.17) is 11.6 Å². The summed E-state index contributed by atoms with van der Waals surface area (Å²) in [6, 6.07) is 5.38. The van der Waals surface area contributed by atoms with Crippen LogP contribution >= 0.6 is 23.4 Å². The molecule has 0 bridgehead atoms. The highest BCUT2D eigenvalue weighted by Crippen LogP contribution is 2.23. The second-order valence-corrected chi connectivity index (χ2v) is 6.04. The molecule has 2 rings (SSSR count). The molecule has 0 fully saturated rings. The summed E-state index contributed by atoms with van der Waals surface area (Å²) in [5.74, 6) is -0.122. The number of benzene rings is 1. The van der Waals surface area contributed by atoms with Crippen molar-refractivity contribution in [1.82, 2.24) is 20.2 Å². The number of aryl methyl sites for hydroxylation is 2. The van der Waals surface area contributed by atoms with Crippen LogP contribution in [0.4, 0.5) is 5.69 Å². The summed E-state index contributed by atoms with van der Waals surface area (Å²) < 4.78 is 1.53. The van der Waals surface area contributed by atoms with E-state index in [1.165, 1.54) is 16.4 Å². The monoisotopic (exact) mass is 311 g/mol. The van der Waals surface area contributed by atoms with Gasteiger partial charge in [-0.3, -0.25) is 4.79 Å². The van der Waals surface area contributed by atoms with E-state index >= 15 is 0 Å². The van der Waals surface area contributed by atoms with Crippen molar-refractivity contribution >= 4 is 35.0 Å². The van der Waals surface area contributed by atoms with Gasteiger partial charge in [-0.15, -0.1) is 5.10 Å². The molecule has 0 aliphatic carbocycles. The first-order valence-electron chi connectivity index (χ1n) is 5.93. The van der Waals surface area contributed by atoms with E-state index < -0.39 is 0 Å². The highest BCUT2D eigenvalue weighted by atomic mass is 35.5. The first kappa shape index (κ1) is 14.8. The smallest absolute Gasteiger partial charge is 0.237 e. The third-order valence-corrected chi connectivity index (χ3v) is 4.05. The van der Waals surface area contributed by atoms with Crippen LogP contribution in [0.25, 0.3) is 0 Å². The van der Waals surface area contributed by atoms with Crippen LogP contribution in [0.3, 0.4) is 0 Å². The molecule has 0 radical (unpaired) electrons. The zero-order chi connectivity index (χ0) is 14.7. The minimum absolute atomic E-state index is 0.122.